The third kappa shape index (κ3) is 4.24. The monoisotopic (exact) mass is 282 g/mol. The summed E-state index contributed by atoms with van der Waals surface area (Å²) in [4.78, 5) is 11.6. The van der Waals surface area contributed by atoms with Crippen LogP contribution in [0.25, 0.3) is 0 Å². The maximum atomic E-state index is 12.3. The van der Waals surface area contributed by atoms with Crippen molar-refractivity contribution in [2.75, 3.05) is 0 Å². The summed E-state index contributed by atoms with van der Waals surface area (Å²) in [5, 5.41) is -0.843. The van der Waals surface area contributed by atoms with Crippen molar-refractivity contribution in [3.05, 3.63) is 29.3 Å². The molecule has 17 heavy (non-hydrogen) atoms. The fraction of sp³-hybridized carbons (Fsp3) is 0.364. The number of Topliss-reactive ketones (excluding diaryl/α,β-unsaturated/α-hetero) is 1. The number of thioether (sulfide) groups is 1. The van der Waals surface area contributed by atoms with Gasteiger partial charge in [-0.05, 0) is 37.7 Å². The highest BCUT2D eigenvalue weighted by molar-refractivity contribution is 8.00. The fourth-order valence-electron chi connectivity index (χ4n) is 1.26. The van der Waals surface area contributed by atoms with E-state index >= 15 is 0 Å². The molecule has 0 saturated heterocycles. The van der Waals surface area contributed by atoms with Gasteiger partial charge in [0.25, 0.3) is 0 Å². The molecule has 0 saturated carbocycles. The number of halogens is 4. The lowest BCUT2D eigenvalue weighted by atomic mass is 10.1. The highest BCUT2D eigenvalue weighted by atomic mass is 35.5. The molecule has 0 aliphatic carbocycles. The second kappa shape index (κ2) is 5.31. The van der Waals surface area contributed by atoms with Crippen molar-refractivity contribution in [3.8, 4) is 0 Å². The minimum absolute atomic E-state index is 0.0230. The van der Waals surface area contributed by atoms with E-state index in [9.17, 15) is 18.0 Å². The van der Waals surface area contributed by atoms with Crippen molar-refractivity contribution in [1.29, 1.82) is 0 Å². The Morgan fingerprint density at radius 1 is 1.41 bits per heavy atom. The summed E-state index contributed by atoms with van der Waals surface area (Å²) in [6.07, 6.45) is 0. The van der Waals surface area contributed by atoms with Crippen molar-refractivity contribution in [1.82, 2.24) is 0 Å². The Kier molecular flexibility index (Phi) is 4.49. The van der Waals surface area contributed by atoms with Crippen molar-refractivity contribution in [2.45, 2.75) is 29.6 Å². The first-order valence-electron chi connectivity index (χ1n) is 4.75. The lowest BCUT2D eigenvalue weighted by Gasteiger charge is -2.12. The number of carbonyl (C=O) groups excluding carboxylic acids is 1. The summed E-state index contributed by atoms with van der Waals surface area (Å²) in [5.74, 6) is -0.498. The molecule has 0 radical (unpaired) electrons. The van der Waals surface area contributed by atoms with E-state index in [2.05, 4.69) is 0 Å². The van der Waals surface area contributed by atoms with Gasteiger partial charge in [0.05, 0.1) is 5.38 Å². The smallest absolute Gasteiger partial charge is 0.292 e. The Labute approximate surface area is 106 Å². The molecule has 0 heterocycles. The third-order valence-electron chi connectivity index (χ3n) is 1.99. The van der Waals surface area contributed by atoms with Gasteiger partial charge in [0, 0.05) is 10.5 Å². The molecule has 0 aliphatic heterocycles. The average Bonchev–Trinajstić information content (AvgIpc) is 2.17. The van der Waals surface area contributed by atoms with Crippen molar-refractivity contribution >= 4 is 29.1 Å². The Hall–Kier alpha value is -0.680. The first kappa shape index (κ1) is 14.4. The van der Waals surface area contributed by atoms with Gasteiger partial charge in [0.2, 0.25) is 0 Å². The summed E-state index contributed by atoms with van der Waals surface area (Å²) in [5.41, 5.74) is -3.67. The van der Waals surface area contributed by atoms with Gasteiger partial charge in [-0.3, -0.25) is 4.79 Å². The molecular weight excluding hydrogens is 273 g/mol. The molecule has 1 aromatic carbocycles. The molecule has 0 fully saturated rings. The van der Waals surface area contributed by atoms with E-state index < -0.39 is 16.7 Å². The summed E-state index contributed by atoms with van der Waals surface area (Å²) in [6.45, 7) is 3.14. The van der Waals surface area contributed by atoms with E-state index in [0.717, 1.165) is 5.56 Å². The topological polar surface area (TPSA) is 17.1 Å². The van der Waals surface area contributed by atoms with Gasteiger partial charge < -0.3 is 0 Å². The van der Waals surface area contributed by atoms with Crippen LogP contribution in [0.2, 0.25) is 0 Å². The van der Waals surface area contributed by atoms with E-state index in [-0.39, 0.29) is 22.2 Å². The van der Waals surface area contributed by atoms with Crippen LogP contribution in [0.4, 0.5) is 13.2 Å². The van der Waals surface area contributed by atoms with Gasteiger partial charge >= 0.3 is 5.51 Å². The van der Waals surface area contributed by atoms with E-state index in [1.807, 2.05) is 0 Å². The van der Waals surface area contributed by atoms with Gasteiger partial charge in [0.15, 0.2) is 5.78 Å². The quantitative estimate of drug-likeness (QED) is 0.464. The Bertz CT molecular complexity index is 429. The first-order valence-corrected chi connectivity index (χ1v) is 6.00. The number of aryl methyl sites for hydroxylation is 1. The van der Waals surface area contributed by atoms with Gasteiger partial charge in [-0.1, -0.05) is 11.6 Å². The van der Waals surface area contributed by atoms with Crippen LogP contribution >= 0.6 is 23.4 Å². The molecule has 6 heteroatoms. The highest BCUT2D eigenvalue weighted by Crippen LogP contribution is 2.39. The number of hydrogen-bond acceptors (Lipinski definition) is 2. The van der Waals surface area contributed by atoms with Crippen LogP contribution in [-0.2, 0) is 0 Å². The Morgan fingerprint density at radius 3 is 2.47 bits per heavy atom. The minimum Gasteiger partial charge on any atom is -0.292 e. The minimum atomic E-state index is -4.42. The molecular formula is C11H10ClF3OS. The molecule has 1 aromatic rings. The maximum Gasteiger partial charge on any atom is 0.446 e. The number of benzene rings is 1. The van der Waals surface area contributed by atoms with Gasteiger partial charge in [-0.25, -0.2) is 0 Å². The summed E-state index contributed by atoms with van der Waals surface area (Å²) >= 11 is 5.32. The zero-order valence-electron chi connectivity index (χ0n) is 9.14. The number of carbonyl (C=O) groups is 1. The zero-order valence-corrected chi connectivity index (χ0v) is 10.7. The predicted molar refractivity (Wildman–Crippen MR) is 62.7 cm³/mol. The van der Waals surface area contributed by atoms with Crippen molar-refractivity contribution in [3.63, 3.8) is 0 Å². The van der Waals surface area contributed by atoms with Crippen molar-refractivity contribution < 1.29 is 18.0 Å². The molecule has 0 aliphatic rings. The average molecular weight is 283 g/mol. The van der Waals surface area contributed by atoms with Crippen LogP contribution in [0.15, 0.2) is 23.1 Å². The van der Waals surface area contributed by atoms with E-state index in [1.165, 1.54) is 25.1 Å². The third-order valence-corrected chi connectivity index (χ3v) is 2.99. The lowest BCUT2D eigenvalue weighted by Crippen LogP contribution is -2.13. The molecule has 1 atom stereocenters. The molecule has 94 valence electrons. The van der Waals surface area contributed by atoms with Crippen molar-refractivity contribution in [2.24, 2.45) is 0 Å². The summed E-state index contributed by atoms with van der Waals surface area (Å²) in [7, 11) is 0. The number of rotatable bonds is 3. The standard InChI is InChI=1S/C11H10ClF3OS/c1-6-3-4-9(17-11(13,14)15)8(5-6)10(16)7(2)12/h3-5,7H,1-2H3. The summed E-state index contributed by atoms with van der Waals surface area (Å²) < 4.78 is 36.9. The van der Waals surface area contributed by atoms with E-state index in [1.54, 1.807) is 6.92 Å². The number of alkyl halides is 4. The van der Waals surface area contributed by atoms with Crippen LogP contribution < -0.4 is 0 Å². The van der Waals surface area contributed by atoms with Crippen LogP contribution in [0.5, 0.6) is 0 Å². The van der Waals surface area contributed by atoms with Crippen LogP contribution in [0.1, 0.15) is 22.8 Å². The molecule has 0 amide bonds. The molecule has 1 unspecified atom stereocenters. The molecule has 0 N–H and O–H groups in total. The second-order valence-corrected chi connectivity index (χ2v) is 5.29. The van der Waals surface area contributed by atoms with Gasteiger partial charge in [0.1, 0.15) is 0 Å². The Balaban J connectivity index is 3.17. The van der Waals surface area contributed by atoms with E-state index in [0.29, 0.717) is 0 Å². The van der Waals surface area contributed by atoms with Gasteiger partial charge in [-0.2, -0.15) is 13.2 Å². The lowest BCUT2D eigenvalue weighted by molar-refractivity contribution is -0.0328. The van der Waals surface area contributed by atoms with Crippen LogP contribution in [0.3, 0.4) is 0 Å². The largest absolute Gasteiger partial charge is 0.446 e. The molecule has 1 rings (SSSR count). The molecule has 0 spiro atoms. The predicted octanol–water partition coefficient (Wildman–Crippen LogP) is 4.42. The first-order chi connectivity index (χ1) is 7.70. The number of ketones is 1. The normalized spacial score (nSPS) is 13.5. The fourth-order valence-corrected chi connectivity index (χ4v) is 2.04. The number of hydrogen-bond donors (Lipinski definition) is 0. The summed E-state index contributed by atoms with van der Waals surface area (Å²) in [6, 6.07) is 4.25. The molecule has 0 aromatic heterocycles. The zero-order chi connectivity index (χ0) is 13.2. The highest BCUT2D eigenvalue weighted by Gasteiger charge is 2.31. The van der Waals surface area contributed by atoms with E-state index in [4.69, 9.17) is 11.6 Å². The Morgan fingerprint density at radius 2 is 2.00 bits per heavy atom. The van der Waals surface area contributed by atoms with Crippen LogP contribution in [-0.4, -0.2) is 16.7 Å². The maximum absolute atomic E-state index is 12.3. The van der Waals surface area contributed by atoms with Crippen LogP contribution in [0, 0.1) is 6.92 Å². The SMILES string of the molecule is Cc1ccc(SC(F)(F)F)c(C(=O)C(C)Cl)c1. The second-order valence-electron chi connectivity index (χ2n) is 3.53. The molecule has 0 bridgehead atoms. The molecule has 1 nitrogen and oxygen atoms in total. The van der Waals surface area contributed by atoms with Gasteiger partial charge in [-0.15, -0.1) is 11.6 Å².